The van der Waals surface area contributed by atoms with E-state index >= 15 is 0 Å². The molecule has 0 bridgehead atoms. The number of benzene rings is 1. The monoisotopic (exact) mass is 261 g/mol. The Labute approximate surface area is 115 Å². The Balaban J connectivity index is 2.01. The molecular weight excluding hydrogens is 250 g/mol. The molecule has 0 aliphatic rings. The number of nitrogens with one attached hydrogen (secondary N) is 1. The van der Waals surface area contributed by atoms with Crippen molar-refractivity contribution < 1.29 is 0 Å². The van der Waals surface area contributed by atoms with E-state index in [9.17, 15) is 0 Å². The molecule has 4 rings (SSSR count). The molecule has 20 heavy (non-hydrogen) atoms. The van der Waals surface area contributed by atoms with E-state index in [4.69, 9.17) is 4.98 Å². The van der Waals surface area contributed by atoms with Crippen molar-refractivity contribution in [3.8, 4) is 22.6 Å². The normalized spacial score (nSPS) is 11.0. The number of imidazole rings is 1. The van der Waals surface area contributed by atoms with Crippen LogP contribution in [0.1, 0.15) is 0 Å². The molecule has 0 saturated heterocycles. The quantitative estimate of drug-likeness (QED) is 0.603. The van der Waals surface area contributed by atoms with Gasteiger partial charge >= 0.3 is 0 Å². The molecule has 0 aliphatic heterocycles. The summed E-state index contributed by atoms with van der Waals surface area (Å²) in [5, 5.41) is 6.81. The van der Waals surface area contributed by atoms with Gasteiger partial charge in [-0.05, 0) is 0 Å². The molecule has 3 heterocycles. The molecule has 4 aromatic rings. The van der Waals surface area contributed by atoms with Gasteiger partial charge in [0, 0.05) is 30.2 Å². The second-order valence-electron chi connectivity index (χ2n) is 4.47. The smallest absolute Gasteiger partial charge is 0.149 e. The summed E-state index contributed by atoms with van der Waals surface area (Å²) >= 11 is 0. The minimum atomic E-state index is 0.826. The molecule has 5 heteroatoms. The molecule has 0 unspecified atom stereocenters. The number of aromatic nitrogens is 5. The maximum atomic E-state index is 4.75. The Morgan fingerprint density at radius 1 is 1.05 bits per heavy atom. The molecule has 0 saturated carbocycles. The zero-order valence-corrected chi connectivity index (χ0v) is 10.6. The molecular formula is C15H11N5. The highest BCUT2D eigenvalue weighted by atomic mass is 15.1. The van der Waals surface area contributed by atoms with Gasteiger partial charge in [0.1, 0.15) is 11.5 Å². The van der Waals surface area contributed by atoms with E-state index in [-0.39, 0.29) is 0 Å². The zero-order valence-electron chi connectivity index (χ0n) is 10.6. The number of hydrogen-bond donors (Lipinski definition) is 1. The average molecular weight is 261 g/mol. The van der Waals surface area contributed by atoms with E-state index in [2.05, 4.69) is 15.2 Å². The SMILES string of the molecule is c1ccc(-c2cc3nccn3c(-c3cn[nH]c3)n2)cc1. The second kappa shape index (κ2) is 4.31. The highest BCUT2D eigenvalue weighted by Crippen LogP contribution is 2.23. The Morgan fingerprint density at radius 2 is 1.95 bits per heavy atom. The van der Waals surface area contributed by atoms with E-state index in [1.165, 1.54) is 0 Å². The number of fused-ring (bicyclic) bond motifs is 1. The predicted octanol–water partition coefficient (Wildman–Crippen LogP) is 2.79. The van der Waals surface area contributed by atoms with Crippen LogP contribution >= 0.6 is 0 Å². The number of aromatic amines is 1. The molecule has 0 spiro atoms. The van der Waals surface area contributed by atoms with Crippen LogP contribution < -0.4 is 0 Å². The fourth-order valence-corrected chi connectivity index (χ4v) is 2.26. The fourth-order valence-electron chi connectivity index (χ4n) is 2.26. The van der Waals surface area contributed by atoms with Crippen LogP contribution in [0.3, 0.4) is 0 Å². The third-order valence-electron chi connectivity index (χ3n) is 3.22. The van der Waals surface area contributed by atoms with Gasteiger partial charge < -0.3 is 0 Å². The van der Waals surface area contributed by atoms with E-state index in [1.54, 1.807) is 12.4 Å². The molecule has 1 aromatic carbocycles. The summed E-state index contributed by atoms with van der Waals surface area (Å²) < 4.78 is 1.96. The minimum Gasteiger partial charge on any atom is -0.285 e. The van der Waals surface area contributed by atoms with Gasteiger partial charge in [0.05, 0.1) is 17.5 Å². The van der Waals surface area contributed by atoms with Crippen molar-refractivity contribution in [2.45, 2.75) is 0 Å². The Bertz CT molecular complexity index is 847. The third kappa shape index (κ3) is 1.68. The highest BCUT2D eigenvalue weighted by Gasteiger charge is 2.10. The number of rotatable bonds is 2. The summed E-state index contributed by atoms with van der Waals surface area (Å²) in [6, 6.07) is 12.1. The fraction of sp³-hybridized carbons (Fsp3) is 0. The first-order valence-corrected chi connectivity index (χ1v) is 6.30. The average Bonchev–Trinajstić information content (AvgIpc) is 3.18. The van der Waals surface area contributed by atoms with Gasteiger partial charge in [-0.3, -0.25) is 9.50 Å². The molecule has 0 radical (unpaired) electrons. The van der Waals surface area contributed by atoms with Crippen LogP contribution in [0.15, 0.2) is 61.2 Å². The summed E-state index contributed by atoms with van der Waals surface area (Å²) in [4.78, 5) is 9.12. The lowest BCUT2D eigenvalue weighted by molar-refractivity contribution is 1.09. The topological polar surface area (TPSA) is 58.9 Å². The molecule has 0 fully saturated rings. The van der Waals surface area contributed by atoms with Crippen molar-refractivity contribution in [3.63, 3.8) is 0 Å². The lowest BCUT2D eigenvalue weighted by Crippen LogP contribution is -1.96. The molecule has 0 aliphatic carbocycles. The Morgan fingerprint density at radius 3 is 2.75 bits per heavy atom. The number of H-pyrrole nitrogens is 1. The third-order valence-corrected chi connectivity index (χ3v) is 3.22. The van der Waals surface area contributed by atoms with E-state index in [1.807, 2.05) is 53.2 Å². The van der Waals surface area contributed by atoms with Crippen molar-refractivity contribution in [2.24, 2.45) is 0 Å². The summed E-state index contributed by atoms with van der Waals surface area (Å²) in [6.07, 6.45) is 7.27. The summed E-state index contributed by atoms with van der Waals surface area (Å²) in [6.45, 7) is 0. The lowest BCUT2D eigenvalue weighted by atomic mass is 10.1. The highest BCUT2D eigenvalue weighted by molar-refractivity contribution is 5.68. The van der Waals surface area contributed by atoms with E-state index in [0.29, 0.717) is 0 Å². The zero-order chi connectivity index (χ0) is 13.4. The van der Waals surface area contributed by atoms with E-state index in [0.717, 1.165) is 28.3 Å². The summed E-state index contributed by atoms with van der Waals surface area (Å²) in [5.74, 6) is 0.826. The van der Waals surface area contributed by atoms with Crippen LogP contribution in [0, 0.1) is 0 Å². The predicted molar refractivity (Wildman–Crippen MR) is 76.0 cm³/mol. The molecule has 1 N–H and O–H groups in total. The number of hydrogen-bond acceptors (Lipinski definition) is 3. The first-order chi connectivity index (χ1) is 9.92. The van der Waals surface area contributed by atoms with Crippen LogP contribution in [0.2, 0.25) is 0 Å². The molecule has 3 aromatic heterocycles. The van der Waals surface area contributed by atoms with Crippen molar-refractivity contribution >= 4 is 5.65 Å². The van der Waals surface area contributed by atoms with Gasteiger partial charge in [-0.1, -0.05) is 30.3 Å². The summed E-state index contributed by atoms with van der Waals surface area (Å²) in [5.41, 5.74) is 3.78. The lowest BCUT2D eigenvalue weighted by Gasteiger charge is -2.06. The maximum Gasteiger partial charge on any atom is 0.149 e. The molecule has 5 nitrogen and oxygen atoms in total. The largest absolute Gasteiger partial charge is 0.285 e. The van der Waals surface area contributed by atoms with Crippen molar-refractivity contribution in [1.29, 1.82) is 0 Å². The van der Waals surface area contributed by atoms with Gasteiger partial charge in [0.25, 0.3) is 0 Å². The first-order valence-electron chi connectivity index (χ1n) is 6.30. The first kappa shape index (κ1) is 10.9. The van der Waals surface area contributed by atoms with Crippen LogP contribution in [-0.4, -0.2) is 24.6 Å². The molecule has 96 valence electrons. The van der Waals surface area contributed by atoms with Crippen LogP contribution in [0.5, 0.6) is 0 Å². The maximum absolute atomic E-state index is 4.75. The Kier molecular flexibility index (Phi) is 2.35. The standard InChI is InChI=1S/C15H11N5/c1-2-4-11(5-3-1)13-8-14-16-6-7-20(14)15(19-13)12-9-17-18-10-12/h1-10H,(H,17,18). The van der Waals surface area contributed by atoms with Crippen molar-refractivity contribution in [1.82, 2.24) is 24.6 Å². The number of nitrogens with zero attached hydrogens (tertiary/aromatic N) is 4. The van der Waals surface area contributed by atoms with Gasteiger partial charge in [0.15, 0.2) is 0 Å². The van der Waals surface area contributed by atoms with Crippen molar-refractivity contribution in [2.75, 3.05) is 0 Å². The van der Waals surface area contributed by atoms with Gasteiger partial charge in [-0.15, -0.1) is 0 Å². The van der Waals surface area contributed by atoms with Gasteiger partial charge in [-0.25, -0.2) is 9.97 Å². The van der Waals surface area contributed by atoms with Crippen LogP contribution in [-0.2, 0) is 0 Å². The molecule has 0 atom stereocenters. The van der Waals surface area contributed by atoms with Crippen LogP contribution in [0.4, 0.5) is 0 Å². The van der Waals surface area contributed by atoms with Crippen molar-refractivity contribution in [3.05, 3.63) is 61.2 Å². The van der Waals surface area contributed by atoms with Gasteiger partial charge in [-0.2, -0.15) is 5.10 Å². The minimum absolute atomic E-state index is 0.826. The Hall–Kier alpha value is -2.95. The van der Waals surface area contributed by atoms with Crippen LogP contribution in [0.25, 0.3) is 28.3 Å². The summed E-state index contributed by atoms with van der Waals surface area (Å²) in [7, 11) is 0. The second-order valence-corrected chi connectivity index (χ2v) is 4.47. The van der Waals surface area contributed by atoms with E-state index < -0.39 is 0 Å². The van der Waals surface area contributed by atoms with Gasteiger partial charge in [0.2, 0.25) is 0 Å². The molecule has 0 amide bonds.